The van der Waals surface area contributed by atoms with Crippen LogP contribution in [-0.2, 0) is 9.59 Å². The molecule has 0 spiro atoms. The number of carbonyl (C=O) groups is 2. The third-order valence-corrected chi connectivity index (χ3v) is 3.83. The van der Waals surface area contributed by atoms with Gasteiger partial charge in [-0.2, -0.15) is 0 Å². The molecule has 0 radical (unpaired) electrons. The van der Waals surface area contributed by atoms with Gasteiger partial charge in [-0.05, 0) is 6.42 Å². The summed E-state index contributed by atoms with van der Waals surface area (Å²) in [6.45, 7) is 7.14. The van der Waals surface area contributed by atoms with E-state index in [1.54, 1.807) is 12.4 Å². The van der Waals surface area contributed by atoms with Crippen molar-refractivity contribution in [1.29, 1.82) is 0 Å². The number of carbonyl (C=O) groups excluding carboxylic acids is 2. The molecule has 1 unspecified atom stereocenters. The number of aliphatic imine (C=N–C) groups is 1. The van der Waals surface area contributed by atoms with E-state index in [0.29, 0.717) is 13.1 Å². The largest absolute Gasteiger partial charge is 0.355 e. The summed E-state index contributed by atoms with van der Waals surface area (Å²) in [6.07, 6.45) is 6.30. The zero-order chi connectivity index (χ0) is 15.8. The van der Waals surface area contributed by atoms with Gasteiger partial charge in [0.05, 0.1) is 12.6 Å². The first-order valence-corrected chi connectivity index (χ1v) is 7.80. The monoisotopic (exact) mass is 307 g/mol. The van der Waals surface area contributed by atoms with E-state index in [9.17, 15) is 9.59 Å². The minimum Gasteiger partial charge on any atom is -0.355 e. The van der Waals surface area contributed by atoms with Gasteiger partial charge in [0.25, 0.3) is 0 Å². The Morgan fingerprint density at radius 3 is 2.59 bits per heavy atom. The number of nitrogens with zero attached hydrogens (tertiary/aromatic N) is 3. The van der Waals surface area contributed by atoms with Crippen LogP contribution >= 0.6 is 0 Å². The van der Waals surface area contributed by atoms with Crippen LogP contribution in [0.25, 0.3) is 0 Å². The van der Waals surface area contributed by atoms with E-state index in [1.165, 1.54) is 6.92 Å². The molecule has 0 aromatic heterocycles. The topological polar surface area (TPSA) is 77.0 Å². The third-order valence-electron chi connectivity index (χ3n) is 3.83. The Kier molecular flexibility index (Phi) is 6.54. The first kappa shape index (κ1) is 16.6. The van der Waals surface area contributed by atoms with Crippen LogP contribution in [0.1, 0.15) is 13.3 Å². The lowest BCUT2D eigenvalue weighted by Gasteiger charge is -2.34. The number of rotatable bonds is 6. The maximum Gasteiger partial charge on any atom is 0.234 e. The van der Waals surface area contributed by atoms with Crippen molar-refractivity contribution in [2.45, 2.75) is 19.4 Å². The van der Waals surface area contributed by atoms with Crippen LogP contribution in [0, 0.1) is 0 Å². The molecule has 2 heterocycles. The molecule has 2 aliphatic rings. The van der Waals surface area contributed by atoms with Gasteiger partial charge in [-0.25, -0.2) is 0 Å². The molecule has 2 aliphatic heterocycles. The van der Waals surface area contributed by atoms with E-state index in [0.717, 1.165) is 39.1 Å². The molecule has 1 atom stereocenters. The zero-order valence-corrected chi connectivity index (χ0v) is 13.1. The van der Waals surface area contributed by atoms with E-state index < -0.39 is 0 Å². The smallest absolute Gasteiger partial charge is 0.234 e. The molecule has 2 N–H and O–H groups in total. The molecule has 7 nitrogen and oxygen atoms in total. The number of piperazine rings is 1. The highest BCUT2D eigenvalue weighted by Crippen LogP contribution is 2.02. The normalized spacial score (nSPS) is 22.5. The molecule has 2 amide bonds. The molecule has 0 bridgehead atoms. The van der Waals surface area contributed by atoms with Crippen LogP contribution in [0.5, 0.6) is 0 Å². The summed E-state index contributed by atoms with van der Waals surface area (Å²) >= 11 is 0. The lowest BCUT2D eigenvalue weighted by molar-refractivity contribution is -0.123. The van der Waals surface area contributed by atoms with E-state index in [1.807, 2.05) is 6.08 Å². The molecule has 122 valence electrons. The van der Waals surface area contributed by atoms with Gasteiger partial charge in [0.1, 0.15) is 0 Å². The van der Waals surface area contributed by atoms with E-state index >= 15 is 0 Å². The highest BCUT2D eigenvalue weighted by Gasteiger charge is 2.19. The van der Waals surface area contributed by atoms with Gasteiger partial charge in [-0.3, -0.25) is 24.4 Å². The first-order valence-electron chi connectivity index (χ1n) is 7.80. The molecule has 7 heteroatoms. The van der Waals surface area contributed by atoms with Crippen molar-refractivity contribution in [2.24, 2.45) is 4.99 Å². The van der Waals surface area contributed by atoms with Crippen LogP contribution in [0.4, 0.5) is 0 Å². The average Bonchev–Trinajstić information content (AvgIpc) is 2.49. The van der Waals surface area contributed by atoms with Crippen LogP contribution in [0.15, 0.2) is 17.3 Å². The molecule has 22 heavy (non-hydrogen) atoms. The van der Waals surface area contributed by atoms with Crippen molar-refractivity contribution >= 4 is 18.0 Å². The van der Waals surface area contributed by atoms with Crippen molar-refractivity contribution in [2.75, 3.05) is 45.8 Å². The molecule has 0 aromatic carbocycles. The number of hydrogen-bond donors (Lipinski definition) is 2. The van der Waals surface area contributed by atoms with Crippen molar-refractivity contribution < 1.29 is 9.59 Å². The summed E-state index contributed by atoms with van der Waals surface area (Å²) in [7, 11) is 0. The Morgan fingerprint density at radius 1 is 1.23 bits per heavy atom. The zero-order valence-electron chi connectivity index (χ0n) is 13.1. The van der Waals surface area contributed by atoms with Gasteiger partial charge < -0.3 is 10.6 Å². The summed E-state index contributed by atoms with van der Waals surface area (Å²) in [6, 6.07) is 0.0245. The molecule has 2 rings (SSSR count). The molecular weight excluding hydrogens is 282 g/mol. The Morgan fingerprint density at radius 2 is 1.95 bits per heavy atom. The standard InChI is InChI=1S/C15H25N5O2/c1-13(21)17-5-6-19-7-9-20(10-8-19)12-15(22)18-14-3-2-4-16-11-14/h2,4,11,14H,3,5-10,12H2,1H3,(H,17,21)(H,18,22). The fourth-order valence-electron chi connectivity index (χ4n) is 2.60. The summed E-state index contributed by atoms with van der Waals surface area (Å²) in [5, 5.41) is 5.79. The van der Waals surface area contributed by atoms with Crippen LogP contribution < -0.4 is 10.6 Å². The summed E-state index contributed by atoms with van der Waals surface area (Å²) < 4.78 is 0. The van der Waals surface area contributed by atoms with Crippen molar-refractivity contribution in [3.63, 3.8) is 0 Å². The predicted molar refractivity (Wildman–Crippen MR) is 85.7 cm³/mol. The van der Waals surface area contributed by atoms with Gasteiger partial charge >= 0.3 is 0 Å². The van der Waals surface area contributed by atoms with Crippen molar-refractivity contribution in [1.82, 2.24) is 20.4 Å². The summed E-state index contributed by atoms with van der Waals surface area (Å²) in [5.41, 5.74) is 0. The quantitative estimate of drug-likeness (QED) is 0.674. The van der Waals surface area contributed by atoms with Gasteiger partial charge in [-0.15, -0.1) is 0 Å². The second kappa shape index (κ2) is 8.65. The van der Waals surface area contributed by atoms with Crippen LogP contribution in [0.2, 0.25) is 0 Å². The number of nitrogens with one attached hydrogen (secondary N) is 2. The number of amides is 2. The van der Waals surface area contributed by atoms with Gasteiger partial charge in [0.15, 0.2) is 0 Å². The Bertz CT molecular complexity index is 441. The molecule has 1 saturated heterocycles. The fourth-order valence-corrected chi connectivity index (χ4v) is 2.60. The minimum atomic E-state index is 0.0106. The predicted octanol–water partition coefficient (Wildman–Crippen LogP) is -0.787. The maximum atomic E-state index is 12.0. The Labute approximate surface area is 131 Å². The molecule has 0 saturated carbocycles. The molecule has 0 aromatic rings. The van der Waals surface area contributed by atoms with Crippen LogP contribution in [0.3, 0.4) is 0 Å². The third kappa shape index (κ3) is 5.95. The lowest BCUT2D eigenvalue weighted by Crippen LogP contribution is -2.51. The van der Waals surface area contributed by atoms with Gasteiger partial charge in [-0.1, -0.05) is 6.08 Å². The molecule has 0 aliphatic carbocycles. The van der Waals surface area contributed by atoms with Gasteiger partial charge in [0, 0.05) is 58.6 Å². The minimum absolute atomic E-state index is 0.0106. The SMILES string of the molecule is CC(=O)NCCN1CCN(CC(=O)NC2C=NC=CC2)CC1. The Hall–Kier alpha value is -1.73. The maximum absolute atomic E-state index is 12.0. The second-order valence-corrected chi connectivity index (χ2v) is 5.69. The molecular formula is C15H25N5O2. The average molecular weight is 307 g/mol. The van der Waals surface area contributed by atoms with Crippen LogP contribution in [-0.4, -0.2) is 79.7 Å². The van der Waals surface area contributed by atoms with E-state index in [2.05, 4.69) is 25.4 Å². The number of hydrogen-bond acceptors (Lipinski definition) is 5. The summed E-state index contributed by atoms with van der Waals surface area (Å²) in [5.74, 6) is 0.0647. The first-order chi connectivity index (χ1) is 10.6. The lowest BCUT2D eigenvalue weighted by atomic mass is 10.2. The highest BCUT2D eigenvalue weighted by atomic mass is 16.2. The van der Waals surface area contributed by atoms with Crippen molar-refractivity contribution in [3.05, 3.63) is 12.3 Å². The van der Waals surface area contributed by atoms with Gasteiger partial charge in [0.2, 0.25) is 11.8 Å². The fraction of sp³-hybridized carbons (Fsp3) is 0.667. The summed E-state index contributed by atoms with van der Waals surface area (Å²) in [4.78, 5) is 31.3. The molecule has 1 fully saturated rings. The highest BCUT2D eigenvalue weighted by molar-refractivity contribution is 5.82. The van der Waals surface area contributed by atoms with E-state index in [4.69, 9.17) is 0 Å². The van der Waals surface area contributed by atoms with E-state index in [-0.39, 0.29) is 17.9 Å². The van der Waals surface area contributed by atoms with Crippen molar-refractivity contribution in [3.8, 4) is 0 Å². The second-order valence-electron chi connectivity index (χ2n) is 5.69. The Balaban J connectivity index is 1.60.